The monoisotopic (exact) mass is 447 g/mol. The van der Waals surface area contributed by atoms with Crippen LogP contribution in [0, 0.1) is 0 Å². The van der Waals surface area contributed by atoms with Gasteiger partial charge in [-0.1, -0.05) is 19.0 Å². The Morgan fingerprint density at radius 3 is 2.69 bits per heavy atom. The second-order valence-electron chi connectivity index (χ2n) is 7.51. The Morgan fingerprint density at radius 1 is 1.41 bits per heavy atom. The van der Waals surface area contributed by atoms with Crippen molar-refractivity contribution in [3.8, 4) is 0 Å². The average molecular weight is 448 g/mol. The van der Waals surface area contributed by atoms with Crippen LogP contribution < -0.4 is 5.32 Å². The highest BCUT2D eigenvalue weighted by Crippen LogP contribution is 2.22. The minimum absolute atomic E-state index is 0. The first-order chi connectivity index (χ1) is 12.9. The summed E-state index contributed by atoms with van der Waals surface area (Å²) < 4.78 is 6.99. The molecule has 1 amide bonds. The number of amides is 1. The lowest BCUT2D eigenvalue weighted by Gasteiger charge is -2.25. The molecule has 2 aromatic heterocycles. The molecule has 11 heteroatoms. The van der Waals surface area contributed by atoms with Crippen LogP contribution in [-0.2, 0) is 18.4 Å². The van der Waals surface area contributed by atoms with Gasteiger partial charge in [0.1, 0.15) is 6.04 Å². The first-order valence-corrected chi connectivity index (χ1v) is 9.36. The third kappa shape index (κ3) is 5.91. The average Bonchev–Trinajstić information content (AvgIpc) is 3.36. The Labute approximate surface area is 184 Å². The molecule has 2 aromatic rings. The van der Waals surface area contributed by atoms with Gasteiger partial charge in [-0.3, -0.25) is 14.4 Å². The molecule has 29 heavy (non-hydrogen) atoms. The number of aryl methyl sites for hydroxylation is 1. The van der Waals surface area contributed by atoms with E-state index in [9.17, 15) is 4.79 Å². The van der Waals surface area contributed by atoms with Crippen LogP contribution >= 0.6 is 24.8 Å². The maximum atomic E-state index is 13.0. The maximum Gasteiger partial charge on any atom is 0.244 e. The lowest BCUT2D eigenvalue weighted by molar-refractivity contribution is -0.132. The molecule has 0 aromatic carbocycles. The number of halogens is 2. The zero-order chi connectivity index (χ0) is 19.6. The molecule has 9 nitrogen and oxygen atoms in total. The molecular formula is C18H31Cl2N7O2. The molecular weight excluding hydrogens is 417 g/mol. The Bertz CT molecular complexity index is 780. The largest absolute Gasteiger partial charge is 0.339 e. The maximum absolute atomic E-state index is 13.0. The summed E-state index contributed by atoms with van der Waals surface area (Å²) in [6, 6.07) is -0.0880. The fourth-order valence-corrected chi connectivity index (χ4v) is 3.42. The third-order valence-corrected chi connectivity index (χ3v) is 5.06. The van der Waals surface area contributed by atoms with Crippen molar-refractivity contribution in [3.05, 3.63) is 29.7 Å². The van der Waals surface area contributed by atoms with Gasteiger partial charge in [-0.05, 0) is 20.5 Å². The fourth-order valence-electron chi connectivity index (χ4n) is 3.42. The van der Waals surface area contributed by atoms with Crippen molar-refractivity contribution in [2.45, 2.75) is 44.8 Å². The number of aromatic nitrogens is 4. The van der Waals surface area contributed by atoms with E-state index >= 15 is 0 Å². The number of nitrogens with zero attached hydrogens (tertiary/aromatic N) is 6. The lowest BCUT2D eigenvalue weighted by Crippen LogP contribution is -2.41. The summed E-state index contributed by atoms with van der Waals surface area (Å²) in [5.74, 6) is 1.66. The van der Waals surface area contributed by atoms with Crippen molar-refractivity contribution in [1.82, 2.24) is 35.0 Å². The predicted octanol–water partition coefficient (Wildman–Crippen LogP) is 1.76. The first kappa shape index (κ1) is 25.4. The van der Waals surface area contributed by atoms with E-state index in [4.69, 9.17) is 4.52 Å². The van der Waals surface area contributed by atoms with Crippen LogP contribution in [0.4, 0.5) is 0 Å². The Morgan fingerprint density at radius 2 is 2.14 bits per heavy atom. The van der Waals surface area contributed by atoms with Gasteiger partial charge in [-0.25, -0.2) is 0 Å². The van der Waals surface area contributed by atoms with E-state index in [2.05, 4.69) is 25.5 Å². The van der Waals surface area contributed by atoms with Crippen molar-refractivity contribution in [2.24, 2.45) is 7.05 Å². The van der Waals surface area contributed by atoms with E-state index in [0.717, 1.165) is 18.5 Å². The summed E-state index contributed by atoms with van der Waals surface area (Å²) in [5.41, 5.74) is 0.884. The van der Waals surface area contributed by atoms with Gasteiger partial charge in [0.05, 0.1) is 12.7 Å². The fraction of sp³-hybridized carbons (Fsp3) is 0.667. The van der Waals surface area contributed by atoms with Crippen molar-refractivity contribution in [1.29, 1.82) is 0 Å². The number of nitrogens with one attached hydrogen (secondary N) is 1. The molecule has 3 rings (SSSR count). The van der Waals surface area contributed by atoms with E-state index in [1.54, 1.807) is 17.9 Å². The second-order valence-corrected chi connectivity index (χ2v) is 7.51. The molecule has 1 saturated heterocycles. The van der Waals surface area contributed by atoms with Crippen molar-refractivity contribution in [2.75, 3.05) is 27.2 Å². The zero-order valence-corrected chi connectivity index (χ0v) is 19.2. The SMILES string of the molecule is CNC(C(=O)N1CCC(N(C)Cc2noc(C(C)C)n2)C1)c1cnn(C)c1.Cl.Cl. The summed E-state index contributed by atoms with van der Waals surface area (Å²) in [6.45, 7) is 6.11. The van der Waals surface area contributed by atoms with Crippen LogP contribution in [0.3, 0.4) is 0 Å². The minimum Gasteiger partial charge on any atom is -0.339 e. The van der Waals surface area contributed by atoms with Gasteiger partial charge in [0, 0.05) is 43.9 Å². The predicted molar refractivity (Wildman–Crippen MR) is 114 cm³/mol. The van der Waals surface area contributed by atoms with Crippen molar-refractivity contribution < 1.29 is 9.32 Å². The highest BCUT2D eigenvalue weighted by atomic mass is 35.5. The molecule has 2 atom stereocenters. The van der Waals surface area contributed by atoms with E-state index in [0.29, 0.717) is 24.8 Å². The zero-order valence-electron chi connectivity index (χ0n) is 17.5. The van der Waals surface area contributed by atoms with E-state index in [1.807, 2.05) is 39.0 Å². The van der Waals surface area contributed by atoms with Crippen LogP contribution in [0.25, 0.3) is 0 Å². The van der Waals surface area contributed by atoms with E-state index in [1.165, 1.54) is 0 Å². The highest BCUT2D eigenvalue weighted by molar-refractivity contribution is 5.85. The van der Waals surface area contributed by atoms with Gasteiger partial charge < -0.3 is 14.7 Å². The Kier molecular flexibility index (Phi) is 9.54. The third-order valence-electron chi connectivity index (χ3n) is 5.06. The quantitative estimate of drug-likeness (QED) is 0.690. The molecule has 0 bridgehead atoms. The van der Waals surface area contributed by atoms with Crippen LogP contribution in [-0.4, -0.2) is 68.9 Å². The van der Waals surface area contributed by atoms with Crippen LogP contribution in [0.15, 0.2) is 16.9 Å². The van der Waals surface area contributed by atoms with Crippen molar-refractivity contribution >= 4 is 30.7 Å². The Balaban J connectivity index is 0.00000210. The number of hydrogen-bond acceptors (Lipinski definition) is 7. The standard InChI is InChI=1S/C18H29N7O2.2ClH/c1-12(2)17-21-15(22-27-17)11-23(4)14-6-7-25(10-14)18(26)16(19-3)13-8-20-24(5)9-13;;/h8-9,12,14,16,19H,6-7,10-11H2,1-5H3;2*1H. The highest BCUT2D eigenvalue weighted by Gasteiger charge is 2.33. The summed E-state index contributed by atoms with van der Waals surface area (Å²) in [5, 5.41) is 11.3. The normalized spacial score (nSPS) is 17.3. The summed E-state index contributed by atoms with van der Waals surface area (Å²) in [6.07, 6.45) is 4.54. The number of carbonyl (C=O) groups is 1. The number of carbonyl (C=O) groups excluding carboxylic acids is 1. The minimum atomic E-state index is -0.367. The van der Waals surface area contributed by atoms with Gasteiger partial charge in [0.15, 0.2) is 5.82 Å². The van der Waals surface area contributed by atoms with Crippen LogP contribution in [0.1, 0.15) is 49.5 Å². The lowest BCUT2D eigenvalue weighted by atomic mass is 10.1. The second kappa shape index (κ2) is 10.9. The summed E-state index contributed by atoms with van der Waals surface area (Å²) >= 11 is 0. The van der Waals surface area contributed by atoms with Crippen molar-refractivity contribution in [3.63, 3.8) is 0 Å². The molecule has 0 saturated carbocycles. The number of likely N-dealkylation sites (tertiary alicyclic amines) is 1. The van der Waals surface area contributed by atoms with E-state index in [-0.39, 0.29) is 48.7 Å². The van der Waals surface area contributed by atoms with E-state index < -0.39 is 0 Å². The van der Waals surface area contributed by atoms with Gasteiger partial charge in [-0.15, -0.1) is 24.8 Å². The smallest absolute Gasteiger partial charge is 0.244 e. The topological polar surface area (TPSA) is 92.3 Å². The van der Waals surface area contributed by atoms with Crippen LogP contribution in [0.5, 0.6) is 0 Å². The molecule has 1 aliphatic rings. The first-order valence-electron chi connectivity index (χ1n) is 9.36. The van der Waals surface area contributed by atoms with Gasteiger partial charge in [0.2, 0.25) is 11.8 Å². The molecule has 0 spiro atoms. The molecule has 164 valence electrons. The van der Waals surface area contributed by atoms with Gasteiger partial charge in [-0.2, -0.15) is 10.1 Å². The number of likely N-dealkylation sites (N-methyl/N-ethyl adjacent to an activating group) is 2. The molecule has 2 unspecified atom stereocenters. The number of rotatable bonds is 7. The molecule has 0 aliphatic carbocycles. The summed E-state index contributed by atoms with van der Waals surface area (Å²) in [7, 11) is 5.70. The molecule has 1 N–H and O–H groups in total. The molecule has 1 aliphatic heterocycles. The Hall–Kier alpha value is -1.68. The van der Waals surface area contributed by atoms with Crippen LogP contribution in [0.2, 0.25) is 0 Å². The molecule has 0 radical (unpaired) electrons. The molecule has 3 heterocycles. The van der Waals surface area contributed by atoms with Gasteiger partial charge >= 0.3 is 0 Å². The van der Waals surface area contributed by atoms with Gasteiger partial charge in [0.25, 0.3) is 0 Å². The number of hydrogen-bond donors (Lipinski definition) is 1. The molecule has 1 fully saturated rings. The summed E-state index contributed by atoms with van der Waals surface area (Å²) in [4.78, 5) is 21.5.